The first kappa shape index (κ1) is 20.0. The molecule has 4 nitrogen and oxygen atoms in total. The van der Waals surface area contributed by atoms with Gasteiger partial charge in [0, 0.05) is 0 Å². The third kappa shape index (κ3) is 5.80. The van der Waals surface area contributed by atoms with Crippen molar-refractivity contribution in [2.24, 2.45) is 0 Å². The summed E-state index contributed by atoms with van der Waals surface area (Å²) >= 11 is 0. The van der Waals surface area contributed by atoms with Crippen molar-refractivity contribution in [3.63, 3.8) is 0 Å². The Balaban J connectivity index is 0.00000220. The van der Waals surface area contributed by atoms with Gasteiger partial charge in [-0.1, -0.05) is 0 Å². The second-order valence-corrected chi connectivity index (χ2v) is 4.75. The van der Waals surface area contributed by atoms with Gasteiger partial charge in [-0.05, 0) is 13.8 Å². The van der Waals surface area contributed by atoms with Crippen LogP contribution in [-0.4, -0.2) is 34.5 Å². The van der Waals surface area contributed by atoms with Crippen molar-refractivity contribution in [3.8, 4) is 0 Å². The predicted molar refractivity (Wildman–Crippen MR) is 75.7 cm³/mol. The van der Waals surface area contributed by atoms with E-state index in [0.717, 1.165) is 11.1 Å². The Hall–Kier alpha value is -1.96. The number of halogens is 2. The molecule has 0 aromatic carbocycles. The van der Waals surface area contributed by atoms with Gasteiger partial charge in [0.25, 0.3) is 0 Å². The second kappa shape index (κ2) is 9.14. The molecule has 0 bridgehead atoms. The number of rotatable bonds is 4. The van der Waals surface area contributed by atoms with Gasteiger partial charge in [-0.25, -0.2) is 0 Å². The van der Waals surface area contributed by atoms with E-state index in [0.29, 0.717) is 13.1 Å². The molecule has 0 aromatic rings. The number of hydrogen-bond donors (Lipinski definition) is 0. The highest BCUT2D eigenvalue weighted by molar-refractivity contribution is 5.78. The third-order valence-corrected chi connectivity index (χ3v) is 2.76. The van der Waals surface area contributed by atoms with Gasteiger partial charge >= 0.3 is 0 Å². The minimum atomic E-state index is 0. The quantitative estimate of drug-likeness (QED) is 0.487. The van der Waals surface area contributed by atoms with Gasteiger partial charge in [0.05, 0.1) is 12.2 Å². The summed E-state index contributed by atoms with van der Waals surface area (Å²) in [7, 11) is 0. The van der Waals surface area contributed by atoms with Gasteiger partial charge in [0.2, 0.25) is 0 Å². The zero-order valence-corrected chi connectivity index (χ0v) is 13.9. The molecule has 22 heavy (non-hydrogen) atoms. The maximum Gasteiger partial charge on any atom is 0.153 e. The molecular formula is C16H16Cl2N2O2. The molecule has 6 heteroatoms. The number of hydrogen-bond acceptors (Lipinski definition) is 4. The van der Waals surface area contributed by atoms with Crippen molar-refractivity contribution in [2.75, 3.05) is 13.1 Å². The monoisotopic (exact) mass is 338 g/mol. The number of ketones is 2. The molecule has 0 radical (unpaired) electrons. The van der Waals surface area contributed by atoms with Crippen LogP contribution in [0.15, 0.2) is 47.9 Å². The Morgan fingerprint density at radius 2 is 1.23 bits per heavy atom. The van der Waals surface area contributed by atoms with E-state index >= 15 is 0 Å². The van der Waals surface area contributed by atoms with Gasteiger partial charge in [0.15, 0.2) is 22.7 Å². The number of carbonyl (C=O) groups is 2. The number of nitrogens with zero attached hydrogens (tertiary/aromatic N) is 2. The van der Waals surface area contributed by atoms with Crippen LogP contribution in [0, 0.1) is 12.4 Å². The summed E-state index contributed by atoms with van der Waals surface area (Å²) in [5.41, 5.74) is 1.99. The molecule has 0 N–H and O–H groups in total. The normalized spacial score (nSPS) is 18.1. The zero-order valence-electron chi connectivity index (χ0n) is 12.3. The highest BCUT2D eigenvalue weighted by Gasteiger charge is 2.21. The first-order valence-corrected chi connectivity index (χ1v) is 6.36. The average Bonchev–Trinajstić information content (AvgIpc) is 2.39. The van der Waals surface area contributed by atoms with E-state index in [9.17, 15) is 9.59 Å². The van der Waals surface area contributed by atoms with Crippen LogP contribution in [-0.2, 0) is 9.59 Å². The van der Waals surface area contributed by atoms with Crippen LogP contribution in [0.5, 0.6) is 0 Å². The fourth-order valence-corrected chi connectivity index (χ4v) is 1.86. The summed E-state index contributed by atoms with van der Waals surface area (Å²) in [6.45, 7) is 3.77. The van der Waals surface area contributed by atoms with E-state index in [2.05, 4.69) is 12.4 Å². The van der Waals surface area contributed by atoms with Gasteiger partial charge in [-0.15, -0.1) is 0 Å². The number of allylic oxidation sites excluding steroid dienone is 6. The maximum atomic E-state index is 11.0. The van der Waals surface area contributed by atoms with Crippen molar-refractivity contribution in [2.45, 2.75) is 13.8 Å². The number of carbonyl (C=O) groups excluding carboxylic acids is 2. The molecule has 0 saturated heterocycles. The van der Waals surface area contributed by atoms with E-state index in [1.165, 1.54) is 0 Å². The molecule has 116 valence electrons. The lowest BCUT2D eigenvalue weighted by Gasteiger charge is -2.08. The SMILES string of the molecule is CC(=O)CN1[C+]=CC(=C2C=[C+]N(CC(C)=O)C=C2)C=C1.[Cl-].[Cl-]. The molecule has 0 fully saturated rings. The Labute approximate surface area is 143 Å². The van der Waals surface area contributed by atoms with Crippen molar-refractivity contribution in [1.82, 2.24) is 9.80 Å². The standard InChI is InChI=1S/C16H16N2O2.2ClH/c1-13(19)11-17-7-3-15(4-8-17)16-5-9-18(10-6-16)12-14(2)20;;/h3-7,9H,11-12H2,1-2H3;2*1H/q+2;;/p-2. The Morgan fingerprint density at radius 1 is 0.864 bits per heavy atom. The van der Waals surface area contributed by atoms with Crippen LogP contribution in [0.4, 0.5) is 0 Å². The summed E-state index contributed by atoms with van der Waals surface area (Å²) in [4.78, 5) is 25.5. The van der Waals surface area contributed by atoms with E-state index in [4.69, 9.17) is 0 Å². The van der Waals surface area contributed by atoms with Gasteiger partial charge in [0.1, 0.15) is 50.0 Å². The summed E-state index contributed by atoms with van der Waals surface area (Å²) in [5, 5.41) is 0. The maximum absolute atomic E-state index is 11.0. The van der Waals surface area contributed by atoms with Crippen LogP contribution in [0.1, 0.15) is 13.8 Å². The molecular weight excluding hydrogens is 323 g/mol. The van der Waals surface area contributed by atoms with Crippen LogP contribution >= 0.6 is 0 Å². The highest BCUT2D eigenvalue weighted by atomic mass is 35.5. The Morgan fingerprint density at radius 3 is 1.45 bits per heavy atom. The molecule has 2 rings (SSSR count). The van der Waals surface area contributed by atoms with Gasteiger partial charge < -0.3 is 24.8 Å². The molecule has 0 atom stereocenters. The van der Waals surface area contributed by atoms with Crippen LogP contribution in [0.25, 0.3) is 0 Å². The van der Waals surface area contributed by atoms with E-state index in [1.54, 1.807) is 23.6 Å². The van der Waals surface area contributed by atoms with Crippen molar-refractivity contribution in [3.05, 3.63) is 60.3 Å². The summed E-state index contributed by atoms with van der Waals surface area (Å²) in [6, 6.07) is 0. The predicted octanol–water partition coefficient (Wildman–Crippen LogP) is -4.24. The lowest BCUT2D eigenvalue weighted by Crippen LogP contribution is -3.00. The lowest BCUT2D eigenvalue weighted by molar-refractivity contribution is -0.118. The highest BCUT2D eigenvalue weighted by Crippen LogP contribution is 2.18. The summed E-state index contributed by atoms with van der Waals surface area (Å²) in [5.74, 6) is 0.189. The van der Waals surface area contributed by atoms with Gasteiger partial charge in [-0.3, -0.25) is 9.59 Å². The molecule has 0 amide bonds. The Bertz CT molecular complexity index is 493. The lowest BCUT2D eigenvalue weighted by atomic mass is 10.0. The van der Waals surface area contributed by atoms with Crippen LogP contribution in [0.3, 0.4) is 0 Å². The smallest absolute Gasteiger partial charge is 0.153 e. The van der Waals surface area contributed by atoms with E-state index < -0.39 is 0 Å². The van der Waals surface area contributed by atoms with E-state index in [-0.39, 0.29) is 36.4 Å². The fraction of sp³-hybridized carbons (Fsp3) is 0.250. The molecule has 0 aliphatic carbocycles. The molecule has 0 unspecified atom stereocenters. The first-order chi connectivity index (χ1) is 9.54. The fourth-order valence-electron chi connectivity index (χ4n) is 1.86. The molecule has 2 aliphatic rings. The van der Waals surface area contributed by atoms with E-state index in [1.807, 2.05) is 36.7 Å². The molecule has 2 aliphatic heterocycles. The summed E-state index contributed by atoms with van der Waals surface area (Å²) < 4.78 is 0. The third-order valence-electron chi connectivity index (χ3n) is 2.76. The average molecular weight is 339 g/mol. The summed E-state index contributed by atoms with van der Waals surface area (Å²) in [6.07, 6.45) is 17.2. The van der Waals surface area contributed by atoms with Crippen molar-refractivity contribution < 1.29 is 34.4 Å². The van der Waals surface area contributed by atoms with Gasteiger partial charge in [-0.2, -0.15) is 9.80 Å². The zero-order chi connectivity index (χ0) is 14.5. The Kier molecular flexibility index (Phi) is 8.32. The first-order valence-electron chi connectivity index (χ1n) is 6.36. The van der Waals surface area contributed by atoms with Crippen molar-refractivity contribution in [1.29, 1.82) is 0 Å². The molecule has 2 heterocycles. The number of Topliss-reactive ketones (excluding diaryl/α,β-unsaturated/α-hetero) is 2. The molecule has 0 aromatic heterocycles. The molecule has 0 spiro atoms. The topological polar surface area (TPSA) is 40.6 Å². The minimum absolute atomic E-state index is 0. The largest absolute Gasteiger partial charge is 1.00 e. The molecule has 0 saturated carbocycles. The van der Waals surface area contributed by atoms with Crippen LogP contribution < -0.4 is 24.8 Å². The second-order valence-electron chi connectivity index (χ2n) is 4.75. The minimum Gasteiger partial charge on any atom is -1.00 e. The van der Waals surface area contributed by atoms with Crippen molar-refractivity contribution >= 4 is 11.6 Å². The van der Waals surface area contributed by atoms with Crippen LogP contribution in [0.2, 0.25) is 0 Å².